The summed E-state index contributed by atoms with van der Waals surface area (Å²) >= 11 is 0. The number of hydrogen-bond donors (Lipinski definition) is 0. The van der Waals surface area contributed by atoms with Crippen molar-refractivity contribution < 1.29 is 13.7 Å². The molecule has 408 valence electrons. The Kier molecular flexibility index (Phi) is 11.5. The average molecular weight is 1090 g/mol. The molecule has 4 aromatic heterocycles. The van der Waals surface area contributed by atoms with Crippen LogP contribution in [0.2, 0.25) is 0 Å². The minimum atomic E-state index is -0.167. The number of ether oxygens (including phenoxy) is 1. The third-order valence-electron chi connectivity index (χ3n) is 17.2. The number of furan rings is 1. The number of imidazole rings is 1. The van der Waals surface area contributed by atoms with Crippen molar-refractivity contribution >= 4 is 54.8 Å². The molecule has 6 nitrogen and oxygen atoms in total. The lowest BCUT2D eigenvalue weighted by molar-refractivity contribution is -0.570. The first-order valence-corrected chi connectivity index (χ1v) is 29.2. The fourth-order valence-electron chi connectivity index (χ4n) is 12.7. The Morgan fingerprint density at radius 3 is 1.76 bits per heavy atom. The van der Waals surface area contributed by atoms with Crippen LogP contribution in [0.15, 0.2) is 229 Å². The lowest BCUT2D eigenvalue weighted by Crippen LogP contribution is -2.32. The second kappa shape index (κ2) is 18.9. The van der Waals surface area contributed by atoms with Crippen LogP contribution < -0.4 is 9.30 Å². The molecule has 0 amide bonds. The number of pyridine rings is 1. The van der Waals surface area contributed by atoms with E-state index in [9.17, 15) is 0 Å². The lowest BCUT2D eigenvalue weighted by atomic mass is 9.80. The summed E-state index contributed by atoms with van der Waals surface area (Å²) in [7, 11) is 0. The lowest BCUT2D eigenvalue weighted by Gasteiger charge is -2.26. The second-order valence-corrected chi connectivity index (χ2v) is 25.8. The van der Waals surface area contributed by atoms with Gasteiger partial charge >= 0.3 is 0 Å². The molecule has 10 aromatic carbocycles. The molecule has 1 aliphatic rings. The van der Waals surface area contributed by atoms with Crippen LogP contribution in [-0.2, 0) is 16.2 Å². The van der Waals surface area contributed by atoms with Crippen molar-refractivity contribution in [2.45, 2.75) is 78.6 Å². The van der Waals surface area contributed by atoms with E-state index in [4.69, 9.17) is 14.1 Å². The van der Waals surface area contributed by atoms with E-state index in [1.165, 1.54) is 22.3 Å². The summed E-state index contributed by atoms with van der Waals surface area (Å²) in [6.45, 7) is 20.5. The smallest absolute Gasteiger partial charge is 0.269 e. The summed E-state index contributed by atoms with van der Waals surface area (Å²) in [4.78, 5) is 4.96. The predicted octanol–water partition coefficient (Wildman–Crippen LogP) is 20.4. The minimum Gasteiger partial charge on any atom is -0.458 e. The molecule has 0 saturated heterocycles. The molecule has 14 aromatic rings. The Labute approximate surface area is 490 Å². The fourth-order valence-corrected chi connectivity index (χ4v) is 12.7. The van der Waals surface area contributed by atoms with Crippen LogP contribution in [0.25, 0.3) is 128 Å². The van der Waals surface area contributed by atoms with Gasteiger partial charge in [0.05, 0.1) is 33.4 Å². The van der Waals surface area contributed by atoms with Crippen LogP contribution >= 0.6 is 0 Å². The number of aromatic nitrogens is 4. The SMILES string of the molecule is CC(C)(C)c1ccc(-c2cc(C(C)(C)C)cc3c2-[n+]2[c-]n(-c4cccc(Oc5ccc6c7ccccc7n(-c7cc(C(C)(C)C)ccn7)c6c5)c4)c4cc(-c5ccc6oc7ccccc7c6c5)cc(c42)-c2ccccc2-c2ccccc2-3)cc1. The van der Waals surface area contributed by atoms with Crippen LogP contribution in [0.3, 0.4) is 0 Å². The molecule has 0 bridgehead atoms. The standard InChI is InChI=1S/C78H64N4O2/c1-76(2,3)51-32-29-48(30-33-51)64-42-53(78(7,8)9)43-67-60-24-13-11-22-58(60)57-21-10-12-23-59(57)66-40-50(49-31-36-72-65(39-49)63-26-15-17-28-71(63)84-72)41-70-75(66)81(74(64)67)47-80(70)54-19-18-20-55(45-54)83-56-34-35-62-61-25-14-16-27-68(61)82(69(62)46-56)73-44-52(37-38-79-73)77(4,5)6/h10-46H,1-9H3. The molecule has 0 N–H and O–H groups in total. The van der Waals surface area contributed by atoms with Crippen LogP contribution in [0.4, 0.5) is 0 Å². The van der Waals surface area contributed by atoms with Gasteiger partial charge in [-0.15, -0.1) is 0 Å². The van der Waals surface area contributed by atoms with E-state index in [0.717, 1.165) is 128 Å². The van der Waals surface area contributed by atoms with Gasteiger partial charge in [0.1, 0.15) is 28.5 Å². The largest absolute Gasteiger partial charge is 0.458 e. The first kappa shape index (κ1) is 51.1. The molecule has 1 aliphatic heterocycles. The zero-order valence-corrected chi connectivity index (χ0v) is 49.0. The van der Waals surface area contributed by atoms with Crippen molar-refractivity contribution in [3.05, 3.63) is 248 Å². The van der Waals surface area contributed by atoms with E-state index in [0.29, 0.717) is 5.75 Å². The summed E-state index contributed by atoms with van der Waals surface area (Å²) < 4.78 is 20.3. The summed E-state index contributed by atoms with van der Waals surface area (Å²) in [5.74, 6) is 2.30. The Bertz CT molecular complexity index is 4990. The number of para-hydroxylation sites is 2. The van der Waals surface area contributed by atoms with E-state index in [1.807, 2.05) is 24.4 Å². The van der Waals surface area contributed by atoms with Gasteiger partial charge in [-0.1, -0.05) is 202 Å². The van der Waals surface area contributed by atoms with Gasteiger partial charge in [0.2, 0.25) is 0 Å². The highest BCUT2D eigenvalue weighted by Gasteiger charge is 2.30. The highest BCUT2D eigenvalue weighted by atomic mass is 16.5. The molecule has 0 saturated carbocycles. The summed E-state index contributed by atoms with van der Waals surface area (Å²) in [6.07, 6.45) is 6.04. The minimum absolute atomic E-state index is 0.0117. The van der Waals surface area contributed by atoms with Gasteiger partial charge in [-0.2, -0.15) is 0 Å². The number of fused-ring (bicyclic) bond motifs is 13. The molecular formula is C78H64N4O2. The van der Waals surface area contributed by atoms with E-state index in [-0.39, 0.29) is 16.2 Å². The Morgan fingerprint density at radius 2 is 1.02 bits per heavy atom. The molecule has 0 atom stereocenters. The molecule has 0 fully saturated rings. The maximum absolute atomic E-state index is 7.03. The molecule has 84 heavy (non-hydrogen) atoms. The van der Waals surface area contributed by atoms with Crippen molar-refractivity contribution in [1.82, 2.24) is 14.1 Å². The molecule has 15 rings (SSSR count). The van der Waals surface area contributed by atoms with Crippen molar-refractivity contribution in [2.75, 3.05) is 0 Å². The molecule has 0 unspecified atom stereocenters. The van der Waals surface area contributed by atoms with Gasteiger partial charge in [0, 0.05) is 33.8 Å². The zero-order chi connectivity index (χ0) is 57.4. The number of hydrogen-bond acceptors (Lipinski definition) is 3. The highest BCUT2D eigenvalue weighted by molar-refractivity contribution is 6.10. The summed E-state index contributed by atoms with van der Waals surface area (Å²) in [5.41, 5.74) is 22.7. The maximum Gasteiger partial charge on any atom is 0.269 e. The Balaban J connectivity index is 0.992. The zero-order valence-electron chi connectivity index (χ0n) is 49.0. The maximum atomic E-state index is 7.03. The number of benzene rings is 10. The predicted molar refractivity (Wildman–Crippen MR) is 346 cm³/mol. The van der Waals surface area contributed by atoms with Crippen molar-refractivity contribution in [3.8, 4) is 84.3 Å². The third-order valence-corrected chi connectivity index (χ3v) is 17.2. The molecule has 0 aliphatic carbocycles. The van der Waals surface area contributed by atoms with Crippen LogP contribution in [0.5, 0.6) is 11.5 Å². The summed E-state index contributed by atoms with van der Waals surface area (Å²) in [6, 6.07) is 79.5. The molecular weight excluding hydrogens is 1020 g/mol. The quantitative estimate of drug-likeness (QED) is 0.123. The summed E-state index contributed by atoms with van der Waals surface area (Å²) in [5, 5.41) is 4.47. The highest BCUT2D eigenvalue weighted by Crippen LogP contribution is 2.48. The van der Waals surface area contributed by atoms with Gasteiger partial charge in [-0.3, -0.25) is 13.7 Å². The molecule has 6 heteroatoms. The van der Waals surface area contributed by atoms with Crippen molar-refractivity contribution in [1.29, 1.82) is 0 Å². The monoisotopic (exact) mass is 1090 g/mol. The van der Waals surface area contributed by atoms with Gasteiger partial charge in [0.25, 0.3) is 6.33 Å². The fraction of sp³-hybridized carbons (Fsp3) is 0.154. The number of rotatable bonds is 6. The van der Waals surface area contributed by atoms with Crippen LogP contribution in [0.1, 0.15) is 79.0 Å². The van der Waals surface area contributed by atoms with Crippen LogP contribution in [-0.4, -0.2) is 14.1 Å². The van der Waals surface area contributed by atoms with Gasteiger partial charge in [0.15, 0.2) is 0 Å². The van der Waals surface area contributed by atoms with Crippen molar-refractivity contribution in [2.24, 2.45) is 0 Å². The Hall–Kier alpha value is -9.78. The second-order valence-electron chi connectivity index (χ2n) is 25.8. The molecule has 5 heterocycles. The van der Waals surface area contributed by atoms with Crippen LogP contribution in [0, 0.1) is 6.33 Å². The van der Waals surface area contributed by atoms with Gasteiger partial charge in [-0.25, -0.2) is 4.98 Å². The van der Waals surface area contributed by atoms with E-state index in [1.54, 1.807) is 0 Å². The normalized spacial score (nSPS) is 12.6. The average Bonchev–Trinajstić information content (AvgIpc) is 2.38. The van der Waals surface area contributed by atoms with E-state index in [2.05, 4.69) is 283 Å². The topological polar surface area (TPSA) is 49.0 Å². The molecule has 0 radical (unpaired) electrons. The first-order valence-electron chi connectivity index (χ1n) is 29.2. The first-order chi connectivity index (χ1) is 40.5. The van der Waals surface area contributed by atoms with E-state index >= 15 is 0 Å². The third kappa shape index (κ3) is 8.45. The number of nitrogens with zero attached hydrogens (tertiary/aromatic N) is 4. The van der Waals surface area contributed by atoms with Gasteiger partial charge < -0.3 is 9.15 Å². The van der Waals surface area contributed by atoms with E-state index < -0.39 is 0 Å². The molecule has 0 spiro atoms. The Morgan fingerprint density at radius 1 is 0.405 bits per heavy atom. The van der Waals surface area contributed by atoms with Crippen molar-refractivity contribution in [3.63, 3.8) is 0 Å². The van der Waals surface area contributed by atoms with Gasteiger partial charge in [-0.05, 0) is 161 Å².